The van der Waals surface area contributed by atoms with Gasteiger partial charge in [-0.15, -0.1) is 0 Å². The maximum atomic E-state index is 11.7. The molecular formula is C9H3Cl2N3O. The van der Waals surface area contributed by atoms with Gasteiger partial charge in [0.1, 0.15) is 22.4 Å². The van der Waals surface area contributed by atoms with E-state index in [-0.39, 0.29) is 26.8 Å². The molecule has 0 atom stereocenters. The Bertz CT molecular complexity index is 642. The molecule has 15 heavy (non-hydrogen) atoms. The van der Waals surface area contributed by atoms with Crippen molar-refractivity contribution in [3.63, 3.8) is 0 Å². The molecule has 2 heterocycles. The highest BCUT2D eigenvalue weighted by atomic mass is 35.5. The van der Waals surface area contributed by atoms with Crippen molar-refractivity contribution in [2.45, 2.75) is 0 Å². The summed E-state index contributed by atoms with van der Waals surface area (Å²) in [5.74, 6) is 0. The van der Waals surface area contributed by atoms with Gasteiger partial charge in [-0.3, -0.25) is 4.79 Å². The SMILES string of the molecule is N#Cc1c[nH]c2nc(Cl)cc(Cl)c2c1=O. The average Bonchev–Trinajstić information content (AvgIpc) is 2.17. The molecule has 1 N–H and O–H groups in total. The fourth-order valence-corrected chi connectivity index (χ4v) is 1.76. The molecule has 0 aliphatic heterocycles. The number of pyridine rings is 2. The third kappa shape index (κ3) is 1.56. The van der Waals surface area contributed by atoms with Crippen LogP contribution in [-0.2, 0) is 0 Å². The Hall–Kier alpha value is -1.57. The van der Waals surface area contributed by atoms with Gasteiger partial charge in [-0.25, -0.2) is 4.98 Å². The van der Waals surface area contributed by atoms with Crippen LogP contribution in [0.4, 0.5) is 0 Å². The first-order chi connectivity index (χ1) is 7.13. The predicted octanol–water partition coefficient (Wildman–Crippen LogP) is 2.10. The van der Waals surface area contributed by atoms with E-state index in [1.807, 2.05) is 0 Å². The van der Waals surface area contributed by atoms with Crippen molar-refractivity contribution in [1.82, 2.24) is 9.97 Å². The minimum atomic E-state index is -0.444. The van der Waals surface area contributed by atoms with Crippen LogP contribution in [0.15, 0.2) is 17.1 Å². The van der Waals surface area contributed by atoms with Gasteiger partial charge in [-0.2, -0.15) is 5.26 Å². The molecule has 0 aromatic carbocycles. The summed E-state index contributed by atoms with van der Waals surface area (Å²) in [5.41, 5.74) is -0.176. The van der Waals surface area contributed by atoms with Crippen LogP contribution in [0.1, 0.15) is 5.56 Å². The maximum Gasteiger partial charge on any atom is 0.210 e. The number of nitriles is 1. The number of aromatic nitrogens is 2. The second-order valence-electron chi connectivity index (χ2n) is 2.79. The third-order valence-electron chi connectivity index (χ3n) is 1.89. The summed E-state index contributed by atoms with van der Waals surface area (Å²) in [7, 11) is 0. The Morgan fingerprint density at radius 3 is 2.87 bits per heavy atom. The lowest BCUT2D eigenvalue weighted by Crippen LogP contribution is -2.08. The van der Waals surface area contributed by atoms with Crippen molar-refractivity contribution >= 4 is 34.2 Å². The van der Waals surface area contributed by atoms with Gasteiger partial charge in [0.25, 0.3) is 0 Å². The van der Waals surface area contributed by atoms with Crippen molar-refractivity contribution in [3.05, 3.63) is 38.2 Å². The van der Waals surface area contributed by atoms with Crippen LogP contribution in [0.25, 0.3) is 11.0 Å². The van der Waals surface area contributed by atoms with Crippen LogP contribution in [0.5, 0.6) is 0 Å². The maximum absolute atomic E-state index is 11.7. The lowest BCUT2D eigenvalue weighted by atomic mass is 10.2. The second-order valence-corrected chi connectivity index (χ2v) is 3.59. The number of hydrogen-bond donors (Lipinski definition) is 1. The summed E-state index contributed by atoms with van der Waals surface area (Å²) in [6.45, 7) is 0. The molecular weight excluding hydrogens is 237 g/mol. The molecule has 0 spiro atoms. The van der Waals surface area contributed by atoms with Gasteiger partial charge in [-0.1, -0.05) is 23.2 Å². The summed E-state index contributed by atoms with van der Waals surface area (Å²) in [6.07, 6.45) is 1.28. The van der Waals surface area contributed by atoms with E-state index in [9.17, 15) is 4.79 Å². The Balaban J connectivity index is 3.02. The summed E-state index contributed by atoms with van der Waals surface area (Å²) < 4.78 is 0. The molecule has 2 aromatic heterocycles. The number of hydrogen-bond acceptors (Lipinski definition) is 3. The van der Waals surface area contributed by atoms with Gasteiger partial charge >= 0.3 is 0 Å². The summed E-state index contributed by atoms with van der Waals surface area (Å²) in [4.78, 5) is 18.3. The molecule has 4 nitrogen and oxygen atoms in total. The average molecular weight is 240 g/mol. The van der Waals surface area contributed by atoms with Gasteiger partial charge in [0.2, 0.25) is 5.43 Å². The Kier molecular flexibility index (Phi) is 2.35. The molecule has 74 valence electrons. The van der Waals surface area contributed by atoms with Crippen molar-refractivity contribution in [2.24, 2.45) is 0 Å². The minimum absolute atomic E-state index is 0.00600. The molecule has 2 rings (SSSR count). The topological polar surface area (TPSA) is 69.5 Å². The van der Waals surface area contributed by atoms with Gasteiger partial charge in [0.05, 0.1) is 10.4 Å². The molecule has 0 unspecified atom stereocenters. The fourth-order valence-electron chi connectivity index (χ4n) is 1.23. The molecule has 0 radical (unpaired) electrons. The highest BCUT2D eigenvalue weighted by molar-refractivity contribution is 6.37. The highest BCUT2D eigenvalue weighted by Gasteiger charge is 2.10. The number of nitrogens with one attached hydrogen (secondary N) is 1. The van der Waals surface area contributed by atoms with E-state index in [0.717, 1.165) is 0 Å². The van der Waals surface area contributed by atoms with Crippen LogP contribution in [-0.4, -0.2) is 9.97 Å². The van der Waals surface area contributed by atoms with Crippen LogP contribution >= 0.6 is 23.2 Å². The number of fused-ring (bicyclic) bond motifs is 1. The minimum Gasteiger partial charge on any atom is -0.344 e. The van der Waals surface area contributed by atoms with Gasteiger partial charge in [0, 0.05) is 6.20 Å². The monoisotopic (exact) mass is 239 g/mol. The normalized spacial score (nSPS) is 10.2. The number of H-pyrrole nitrogens is 1. The number of nitrogens with zero attached hydrogens (tertiary/aromatic N) is 2. The smallest absolute Gasteiger partial charge is 0.210 e. The summed E-state index contributed by atoms with van der Waals surface area (Å²) in [6, 6.07) is 3.13. The lowest BCUT2D eigenvalue weighted by molar-refractivity contribution is 1.26. The van der Waals surface area contributed by atoms with Gasteiger partial charge < -0.3 is 4.98 Å². The van der Waals surface area contributed by atoms with Crippen molar-refractivity contribution in [1.29, 1.82) is 5.26 Å². The van der Waals surface area contributed by atoms with Crippen LogP contribution < -0.4 is 5.43 Å². The van der Waals surface area contributed by atoms with Crippen molar-refractivity contribution in [3.8, 4) is 6.07 Å². The Morgan fingerprint density at radius 1 is 1.47 bits per heavy atom. The fraction of sp³-hybridized carbons (Fsp3) is 0. The summed E-state index contributed by atoms with van der Waals surface area (Å²) in [5, 5.41) is 9.22. The molecule has 0 aliphatic rings. The molecule has 0 fully saturated rings. The first-order valence-corrected chi connectivity index (χ1v) is 4.66. The first kappa shape index (κ1) is 9.97. The molecule has 0 aliphatic carbocycles. The van der Waals surface area contributed by atoms with E-state index in [1.54, 1.807) is 6.07 Å². The van der Waals surface area contributed by atoms with Gasteiger partial charge in [0.15, 0.2) is 0 Å². The Morgan fingerprint density at radius 2 is 2.20 bits per heavy atom. The molecule has 0 saturated heterocycles. The Labute approximate surface area is 94.1 Å². The number of halogens is 2. The van der Waals surface area contributed by atoms with Crippen LogP contribution in [0.3, 0.4) is 0 Å². The van der Waals surface area contributed by atoms with Gasteiger partial charge in [-0.05, 0) is 6.07 Å². The zero-order chi connectivity index (χ0) is 11.0. The third-order valence-corrected chi connectivity index (χ3v) is 2.38. The molecule has 6 heteroatoms. The molecule has 2 aromatic rings. The van der Waals surface area contributed by atoms with Crippen LogP contribution in [0, 0.1) is 11.3 Å². The van der Waals surface area contributed by atoms with E-state index < -0.39 is 5.43 Å². The first-order valence-electron chi connectivity index (χ1n) is 3.91. The molecule has 0 amide bonds. The number of aromatic amines is 1. The zero-order valence-electron chi connectivity index (χ0n) is 7.21. The van der Waals surface area contributed by atoms with Crippen molar-refractivity contribution in [2.75, 3.05) is 0 Å². The predicted molar refractivity (Wildman–Crippen MR) is 57.1 cm³/mol. The van der Waals surface area contributed by atoms with E-state index in [4.69, 9.17) is 28.5 Å². The lowest BCUT2D eigenvalue weighted by Gasteiger charge is -2.00. The highest BCUT2D eigenvalue weighted by Crippen LogP contribution is 2.21. The summed E-state index contributed by atoms with van der Waals surface area (Å²) >= 11 is 11.5. The van der Waals surface area contributed by atoms with E-state index in [1.165, 1.54) is 12.3 Å². The van der Waals surface area contributed by atoms with Crippen LogP contribution in [0.2, 0.25) is 10.2 Å². The molecule has 0 bridgehead atoms. The quantitative estimate of drug-likeness (QED) is 0.716. The number of rotatable bonds is 0. The zero-order valence-corrected chi connectivity index (χ0v) is 8.73. The van der Waals surface area contributed by atoms with E-state index in [2.05, 4.69) is 9.97 Å². The standard InChI is InChI=1S/C9H3Cl2N3O/c10-5-1-6(11)14-9-7(5)8(15)4(2-12)3-13-9/h1,3H,(H,13,14,15). The largest absolute Gasteiger partial charge is 0.344 e. The molecule has 0 saturated carbocycles. The van der Waals surface area contributed by atoms with E-state index in [0.29, 0.717) is 0 Å². The second kappa shape index (κ2) is 3.54. The van der Waals surface area contributed by atoms with Crippen molar-refractivity contribution < 1.29 is 0 Å². The van der Waals surface area contributed by atoms with E-state index >= 15 is 0 Å².